The molecule has 10 heteroatoms. The summed E-state index contributed by atoms with van der Waals surface area (Å²) in [6.45, 7) is 2.37. The van der Waals surface area contributed by atoms with Crippen LogP contribution in [0.15, 0.2) is 55.0 Å². The molecule has 36 heavy (non-hydrogen) atoms. The molecule has 0 bridgehead atoms. The molecular weight excluding hydrogens is 466 g/mol. The number of pyridine rings is 1. The summed E-state index contributed by atoms with van der Waals surface area (Å²) in [5.74, 6) is -0.983. The maximum Gasteiger partial charge on any atom is 0.258 e. The Bertz CT molecular complexity index is 1410. The maximum absolute atomic E-state index is 14.7. The van der Waals surface area contributed by atoms with E-state index in [-0.39, 0.29) is 18.6 Å². The summed E-state index contributed by atoms with van der Waals surface area (Å²) in [6, 6.07) is 9.28. The van der Waals surface area contributed by atoms with Crippen molar-refractivity contribution in [2.24, 2.45) is 0 Å². The van der Waals surface area contributed by atoms with Gasteiger partial charge in [0.2, 0.25) is 0 Å². The summed E-state index contributed by atoms with van der Waals surface area (Å²) in [4.78, 5) is 19.9. The predicted molar refractivity (Wildman–Crippen MR) is 127 cm³/mol. The lowest BCUT2D eigenvalue weighted by Gasteiger charge is -2.26. The Hall–Kier alpha value is -3.92. The Morgan fingerprint density at radius 1 is 1.11 bits per heavy atom. The molecule has 1 saturated heterocycles. The lowest BCUT2D eigenvalue weighted by molar-refractivity contribution is 0.0675. The van der Waals surface area contributed by atoms with E-state index in [0.29, 0.717) is 54.4 Å². The van der Waals surface area contributed by atoms with Gasteiger partial charge < -0.3 is 9.64 Å². The largest absolute Gasteiger partial charge is 0.373 e. The molecule has 1 fully saturated rings. The minimum Gasteiger partial charge on any atom is -0.373 e. The number of carbonyl (C=O) groups is 1. The molecule has 6 rings (SSSR count). The van der Waals surface area contributed by atoms with Crippen molar-refractivity contribution < 1.29 is 18.3 Å². The number of hydrogen-bond acceptors (Lipinski definition) is 5. The highest BCUT2D eigenvalue weighted by atomic mass is 19.1. The molecule has 184 valence electrons. The summed E-state index contributed by atoms with van der Waals surface area (Å²) in [5.41, 5.74) is 3.15. The second-order valence-corrected chi connectivity index (χ2v) is 9.03. The van der Waals surface area contributed by atoms with Gasteiger partial charge in [0.25, 0.3) is 5.91 Å². The fourth-order valence-corrected chi connectivity index (χ4v) is 5.01. The van der Waals surface area contributed by atoms with E-state index in [9.17, 15) is 13.6 Å². The van der Waals surface area contributed by atoms with Crippen molar-refractivity contribution in [1.82, 2.24) is 29.4 Å². The standard InChI is InChI=1S/C26H24F2N6O2/c27-18-7-8-22(29-13-18)17-12-30-32(14-17)15-19-4-3-9-33(19)26(35)24-23-16-36-11-10-34(23)31-25(24)20-5-1-2-6-21(20)28/h1-2,5-8,12-14,19H,3-4,9-11,15-16H2/t19-/m0/s1. The number of ether oxygens (including phenoxy) is 1. The first kappa shape index (κ1) is 22.5. The number of nitrogens with zero attached hydrogens (tertiary/aromatic N) is 6. The highest BCUT2D eigenvalue weighted by molar-refractivity contribution is 6.01. The van der Waals surface area contributed by atoms with Gasteiger partial charge in [-0.2, -0.15) is 10.2 Å². The van der Waals surface area contributed by atoms with Gasteiger partial charge in [0.15, 0.2) is 0 Å². The number of fused-ring (bicyclic) bond motifs is 1. The van der Waals surface area contributed by atoms with Crippen molar-refractivity contribution >= 4 is 5.91 Å². The molecule has 2 aliphatic heterocycles. The van der Waals surface area contributed by atoms with Crippen LogP contribution >= 0.6 is 0 Å². The minimum absolute atomic E-state index is 0.0834. The molecule has 8 nitrogen and oxygen atoms in total. The van der Waals surface area contributed by atoms with E-state index in [2.05, 4.69) is 15.2 Å². The topological polar surface area (TPSA) is 78.1 Å². The molecule has 0 N–H and O–H groups in total. The molecule has 1 amide bonds. The zero-order chi connectivity index (χ0) is 24.6. The minimum atomic E-state index is -0.417. The number of amides is 1. The zero-order valence-electron chi connectivity index (χ0n) is 19.5. The van der Waals surface area contributed by atoms with Crippen molar-refractivity contribution in [3.63, 3.8) is 0 Å². The van der Waals surface area contributed by atoms with E-state index < -0.39 is 11.6 Å². The van der Waals surface area contributed by atoms with E-state index in [1.54, 1.807) is 39.8 Å². The van der Waals surface area contributed by atoms with E-state index in [0.717, 1.165) is 18.4 Å². The third-order valence-corrected chi connectivity index (χ3v) is 6.78. The highest BCUT2D eigenvalue weighted by Gasteiger charge is 2.36. The quantitative estimate of drug-likeness (QED) is 0.424. The SMILES string of the molecule is O=C(c1c(-c2ccccc2F)nn2c1COCC2)N1CCC[C@H]1Cn1cc(-c2ccc(F)cn2)cn1. The van der Waals surface area contributed by atoms with Crippen molar-refractivity contribution in [3.05, 3.63) is 77.9 Å². The zero-order valence-corrected chi connectivity index (χ0v) is 19.5. The van der Waals surface area contributed by atoms with Gasteiger partial charge >= 0.3 is 0 Å². The first-order valence-electron chi connectivity index (χ1n) is 12.0. The van der Waals surface area contributed by atoms with E-state index in [1.165, 1.54) is 18.3 Å². The number of hydrogen-bond donors (Lipinski definition) is 0. The highest BCUT2D eigenvalue weighted by Crippen LogP contribution is 2.33. The van der Waals surface area contributed by atoms with Crippen LogP contribution in [0.1, 0.15) is 28.9 Å². The van der Waals surface area contributed by atoms with Gasteiger partial charge in [-0.15, -0.1) is 0 Å². The number of benzene rings is 1. The number of carbonyl (C=O) groups excluding carboxylic acids is 1. The second kappa shape index (κ2) is 9.27. The Morgan fingerprint density at radius 3 is 2.83 bits per heavy atom. The normalized spacial score (nSPS) is 17.4. The molecule has 0 spiro atoms. The lowest BCUT2D eigenvalue weighted by Crippen LogP contribution is -2.39. The molecule has 3 aromatic heterocycles. The van der Waals surface area contributed by atoms with Crippen LogP contribution in [0.25, 0.3) is 22.5 Å². The summed E-state index contributed by atoms with van der Waals surface area (Å²) in [6.07, 6.45) is 6.39. The molecule has 1 atom stereocenters. The summed E-state index contributed by atoms with van der Waals surface area (Å²) in [5, 5.41) is 9.07. The van der Waals surface area contributed by atoms with Crippen LogP contribution in [0.5, 0.6) is 0 Å². The lowest BCUT2D eigenvalue weighted by atomic mass is 10.0. The van der Waals surface area contributed by atoms with Crippen LogP contribution in [-0.4, -0.2) is 54.5 Å². The van der Waals surface area contributed by atoms with Crippen LogP contribution < -0.4 is 0 Å². The fourth-order valence-electron chi connectivity index (χ4n) is 5.01. The van der Waals surface area contributed by atoms with Gasteiger partial charge in [-0.25, -0.2) is 8.78 Å². The van der Waals surface area contributed by atoms with E-state index in [4.69, 9.17) is 4.74 Å². The Balaban J connectivity index is 1.29. The Morgan fingerprint density at radius 2 is 2.00 bits per heavy atom. The van der Waals surface area contributed by atoms with Crippen LogP contribution in [0, 0.1) is 11.6 Å². The smallest absolute Gasteiger partial charge is 0.258 e. The van der Waals surface area contributed by atoms with Gasteiger partial charge in [0.05, 0.1) is 61.7 Å². The van der Waals surface area contributed by atoms with Crippen molar-refractivity contribution in [3.8, 4) is 22.5 Å². The number of aromatic nitrogens is 5. The predicted octanol–water partition coefficient (Wildman–Crippen LogP) is 3.92. The first-order valence-corrected chi connectivity index (χ1v) is 12.0. The average Bonchev–Trinajstić information content (AvgIpc) is 3.63. The molecule has 2 aliphatic rings. The molecule has 5 heterocycles. The second-order valence-electron chi connectivity index (χ2n) is 9.03. The Kier molecular flexibility index (Phi) is 5.80. The van der Waals surface area contributed by atoms with Crippen LogP contribution in [0.3, 0.4) is 0 Å². The van der Waals surface area contributed by atoms with Crippen molar-refractivity contribution in [2.75, 3.05) is 13.2 Å². The maximum atomic E-state index is 14.7. The number of likely N-dealkylation sites (tertiary alicyclic amines) is 1. The van der Waals surface area contributed by atoms with Gasteiger partial charge in [-0.3, -0.25) is 19.1 Å². The molecule has 0 aliphatic carbocycles. The van der Waals surface area contributed by atoms with Crippen molar-refractivity contribution in [2.45, 2.75) is 38.6 Å². The van der Waals surface area contributed by atoms with E-state index >= 15 is 0 Å². The molecule has 4 aromatic rings. The molecule has 0 unspecified atom stereocenters. The van der Waals surface area contributed by atoms with E-state index in [1.807, 2.05) is 11.1 Å². The molecule has 0 radical (unpaired) electrons. The third-order valence-electron chi connectivity index (χ3n) is 6.78. The summed E-state index contributed by atoms with van der Waals surface area (Å²) >= 11 is 0. The number of rotatable bonds is 5. The Labute approximate surface area is 206 Å². The van der Waals surface area contributed by atoms with Gasteiger partial charge in [-0.05, 0) is 37.1 Å². The molecule has 0 saturated carbocycles. The molecule has 1 aromatic carbocycles. The monoisotopic (exact) mass is 490 g/mol. The third kappa shape index (κ3) is 4.07. The molecular formula is C26H24F2N6O2. The van der Waals surface area contributed by atoms with Crippen LogP contribution in [0.2, 0.25) is 0 Å². The van der Waals surface area contributed by atoms with Crippen molar-refractivity contribution in [1.29, 1.82) is 0 Å². The average molecular weight is 491 g/mol. The fraction of sp³-hybridized carbons (Fsp3) is 0.308. The van der Waals surface area contributed by atoms with Gasteiger partial charge in [0, 0.05) is 23.9 Å². The summed E-state index contributed by atoms with van der Waals surface area (Å²) < 4.78 is 37.1. The number of halogens is 2. The van der Waals surface area contributed by atoms with Crippen LogP contribution in [-0.2, 0) is 24.4 Å². The summed E-state index contributed by atoms with van der Waals surface area (Å²) in [7, 11) is 0. The van der Waals surface area contributed by atoms with Crippen LogP contribution in [0.4, 0.5) is 8.78 Å². The van der Waals surface area contributed by atoms with Gasteiger partial charge in [0.1, 0.15) is 17.3 Å². The first-order chi connectivity index (χ1) is 17.6. The van der Waals surface area contributed by atoms with Gasteiger partial charge in [-0.1, -0.05) is 12.1 Å².